The van der Waals surface area contributed by atoms with Gasteiger partial charge in [0.25, 0.3) is 5.91 Å². The van der Waals surface area contributed by atoms with Gasteiger partial charge in [0.05, 0.1) is 18.7 Å². The quantitative estimate of drug-likeness (QED) is 0.632. The van der Waals surface area contributed by atoms with Crippen LogP contribution in [0.3, 0.4) is 0 Å². The van der Waals surface area contributed by atoms with Crippen LogP contribution in [0, 0.1) is 0 Å². The molecular weight excluding hydrogens is 394 g/mol. The molecule has 1 saturated heterocycles. The summed E-state index contributed by atoms with van der Waals surface area (Å²) < 4.78 is 1.76. The van der Waals surface area contributed by atoms with Crippen molar-refractivity contribution in [1.29, 1.82) is 0 Å². The van der Waals surface area contributed by atoms with E-state index in [0.717, 1.165) is 16.8 Å². The fourth-order valence-electron chi connectivity index (χ4n) is 3.40. The second kappa shape index (κ2) is 9.25. The number of hydrogen-bond donors (Lipinski definition) is 2. The van der Waals surface area contributed by atoms with Crippen LogP contribution in [-0.2, 0) is 22.6 Å². The molecule has 2 heterocycles. The summed E-state index contributed by atoms with van der Waals surface area (Å²) in [5, 5.41) is 9.79. The molecule has 158 valence electrons. The summed E-state index contributed by atoms with van der Waals surface area (Å²) in [6, 6.07) is 16.6. The van der Waals surface area contributed by atoms with E-state index in [1.165, 1.54) is 4.90 Å². The normalized spacial score (nSPS) is 13.5. The number of nitrogens with zero attached hydrogens (tertiary/aromatic N) is 3. The van der Waals surface area contributed by atoms with E-state index < -0.39 is 0 Å². The molecule has 1 fully saturated rings. The van der Waals surface area contributed by atoms with Gasteiger partial charge in [0, 0.05) is 37.6 Å². The lowest BCUT2D eigenvalue weighted by Gasteiger charge is -2.26. The molecule has 8 heteroatoms. The van der Waals surface area contributed by atoms with E-state index in [9.17, 15) is 14.4 Å². The highest BCUT2D eigenvalue weighted by molar-refractivity contribution is 5.97. The number of nitrogens with one attached hydrogen (secondary N) is 2. The Hall–Kier alpha value is -3.94. The molecule has 0 radical (unpaired) electrons. The van der Waals surface area contributed by atoms with Crippen LogP contribution in [0.1, 0.15) is 21.5 Å². The molecule has 0 bridgehead atoms. The highest BCUT2D eigenvalue weighted by atomic mass is 16.2. The second-order valence-corrected chi connectivity index (χ2v) is 7.34. The molecule has 3 amide bonds. The predicted molar refractivity (Wildman–Crippen MR) is 114 cm³/mol. The van der Waals surface area contributed by atoms with Crippen molar-refractivity contribution in [2.75, 3.05) is 19.6 Å². The molecule has 3 aromatic rings. The van der Waals surface area contributed by atoms with Gasteiger partial charge in [0.1, 0.15) is 0 Å². The maximum atomic E-state index is 12.5. The lowest BCUT2D eigenvalue weighted by molar-refractivity contribution is -0.123. The van der Waals surface area contributed by atoms with Crippen LogP contribution < -0.4 is 10.6 Å². The van der Waals surface area contributed by atoms with Gasteiger partial charge in [0.2, 0.25) is 11.8 Å². The van der Waals surface area contributed by atoms with Gasteiger partial charge in [-0.05, 0) is 41.5 Å². The first-order valence-corrected chi connectivity index (χ1v) is 10.1. The first-order chi connectivity index (χ1) is 15.1. The van der Waals surface area contributed by atoms with Crippen LogP contribution in [0.4, 0.5) is 0 Å². The number of amides is 3. The number of hydrogen-bond acceptors (Lipinski definition) is 4. The van der Waals surface area contributed by atoms with Gasteiger partial charge < -0.3 is 15.5 Å². The predicted octanol–water partition coefficient (Wildman–Crippen LogP) is 1.30. The lowest BCUT2D eigenvalue weighted by atomic mass is 10.1. The minimum Gasteiger partial charge on any atom is -0.353 e. The zero-order chi connectivity index (χ0) is 21.6. The Morgan fingerprint density at radius 1 is 1.03 bits per heavy atom. The number of piperazine rings is 1. The topological polar surface area (TPSA) is 96.3 Å². The van der Waals surface area contributed by atoms with Crippen molar-refractivity contribution >= 4 is 17.7 Å². The molecule has 0 aliphatic carbocycles. The van der Waals surface area contributed by atoms with E-state index in [1.807, 2.05) is 48.7 Å². The summed E-state index contributed by atoms with van der Waals surface area (Å²) in [6.07, 6.45) is 3.87. The maximum Gasteiger partial charge on any atom is 0.254 e. The Bertz CT molecular complexity index is 1060. The summed E-state index contributed by atoms with van der Waals surface area (Å²) in [6.45, 7) is 1.44. The fourth-order valence-corrected chi connectivity index (χ4v) is 3.40. The second-order valence-electron chi connectivity index (χ2n) is 7.34. The number of benzene rings is 2. The smallest absolute Gasteiger partial charge is 0.254 e. The Morgan fingerprint density at radius 2 is 1.77 bits per heavy atom. The number of carbonyl (C=O) groups excluding carboxylic acids is 3. The van der Waals surface area contributed by atoms with Crippen LogP contribution >= 0.6 is 0 Å². The van der Waals surface area contributed by atoms with Gasteiger partial charge in [-0.15, -0.1) is 0 Å². The van der Waals surface area contributed by atoms with E-state index in [2.05, 4.69) is 15.7 Å². The zero-order valence-electron chi connectivity index (χ0n) is 17.0. The van der Waals surface area contributed by atoms with E-state index in [-0.39, 0.29) is 30.7 Å². The molecule has 0 atom stereocenters. The molecule has 4 rings (SSSR count). The average Bonchev–Trinajstić information content (AvgIpc) is 3.33. The molecule has 2 aromatic carbocycles. The molecule has 31 heavy (non-hydrogen) atoms. The van der Waals surface area contributed by atoms with Crippen LogP contribution in [0.5, 0.6) is 0 Å². The van der Waals surface area contributed by atoms with Gasteiger partial charge in [0.15, 0.2) is 0 Å². The third kappa shape index (κ3) is 5.16. The monoisotopic (exact) mass is 417 g/mol. The lowest BCUT2D eigenvalue weighted by Crippen LogP contribution is -2.49. The highest BCUT2D eigenvalue weighted by Gasteiger charge is 2.22. The van der Waals surface area contributed by atoms with Crippen LogP contribution in [0.25, 0.3) is 5.69 Å². The minimum atomic E-state index is -0.163. The zero-order valence-corrected chi connectivity index (χ0v) is 17.0. The first kappa shape index (κ1) is 20.3. The van der Waals surface area contributed by atoms with E-state index in [0.29, 0.717) is 25.2 Å². The van der Waals surface area contributed by atoms with E-state index in [4.69, 9.17) is 0 Å². The Morgan fingerprint density at radius 3 is 2.45 bits per heavy atom. The summed E-state index contributed by atoms with van der Waals surface area (Å²) in [4.78, 5) is 37.8. The molecule has 2 N–H and O–H groups in total. The third-order valence-electron chi connectivity index (χ3n) is 5.09. The van der Waals surface area contributed by atoms with Crippen molar-refractivity contribution < 1.29 is 14.4 Å². The van der Waals surface area contributed by atoms with Crippen LogP contribution in [-0.4, -0.2) is 52.0 Å². The van der Waals surface area contributed by atoms with Crippen molar-refractivity contribution in [3.63, 3.8) is 0 Å². The van der Waals surface area contributed by atoms with Crippen molar-refractivity contribution in [2.24, 2.45) is 0 Å². The van der Waals surface area contributed by atoms with Gasteiger partial charge in [-0.1, -0.05) is 24.3 Å². The van der Waals surface area contributed by atoms with Crippen molar-refractivity contribution in [3.8, 4) is 5.69 Å². The molecule has 8 nitrogen and oxygen atoms in total. The molecule has 1 aliphatic rings. The summed E-state index contributed by atoms with van der Waals surface area (Å²) in [7, 11) is 0. The SMILES string of the molecule is O=C(Cc1ccc(-n2cccn2)cc1)NCc1ccc(C(=O)N2CCNC(=O)C2)cc1. The molecule has 0 unspecified atom stereocenters. The van der Waals surface area contributed by atoms with Crippen LogP contribution in [0.15, 0.2) is 67.0 Å². The Balaban J connectivity index is 1.27. The van der Waals surface area contributed by atoms with Crippen molar-refractivity contribution in [1.82, 2.24) is 25.3 Å². The molecular formula is C23H23N5O3. The van der Waals surface area contributed by atoms with E-state index >= 15 is 0 Å². The largest absolute Gasteiger partial charge is 0.353 e. The molecule has 0 saturated carbocycles. The van der Waals surface area contributed by atoms with Crippen LogP contribution in [0.2, 0.25) is 0 Å². The third-order valence-corrected chi connectivity index (χ3v) is 5.09. The fraction of sp³-hybridized carbons (Fsp3) is 0.217. The van der Waals surface area contributed by atoms with Crippen molar-refractivity contribution in [3.05, 3.63) is 83.7 Å². The van der Waals surface area contributed by atoms with E-state index in [1.54, 1.807) is 23.0 Å². The van der Waals surface area contributed by atoms with Gasteiger partial charge in [-0.25, -0.2) is 4.68 Å². The molecule has 1 aliphatic heterocycles. The number of carbonyl (C=O) groups is 3. The number of aromatic nitrogens is 2. The standard InChI is InChI=1S/C23H23N5O3/c29-21(14-17-4-8-20(9-5-17)28-12-1-10-26-28)25-15-18-2-6-19(7-3-18)23(31)27-13-11-24-22(30)16-27/h1-10,12H,11,13-16H2,(H,24,30)(H,25,29). The molecule has 0 spiro atoms. The maximum absolute atomic E-state index is 12.5. The Kier molecular flexibility index (Phi) is 6.07. The minimum absolute atomic E-state index is 0.0775. The molecule has 1 aromatic heterocycles. The highest BCUT2D eigenvalue weighted by Crippen LogP contribution is 2.11. The van der Waals surface area contributed by atoms with Gasteiger partial charge >= 0.3 is 0 Å². The van der Waals surface area contributed by atoms with Gasteiger partial charge in [-0.3, -0.25) is 14.4 Å². The van der Waals surface area contributed by atoms with Gasteiger partial charge in [-0.2, -0.15) is 5.10 Å². The summed E-state index contributed by atoms with van der Waals surface area (Å²) >= 11 is 0. The number of rotatable bonds is 6. The average molecular weight is 417 g/mol. The summed E-state index contributed by atoms with van der Waals surface area (Å²) in [5.74, 6) is -0.384. The first-order valence-electron chi connectivity index (χ1n) is 10.1. The van der Waals surface area contributed by atoms with Crippen molar-refractivity contribution in [2.45, 2.75) is 13.0 Å². The summed E-state index contributed by atoms with van der Waals surface area (Å²) in [5.41, 5.74) is 3.28. The Labute approximate surface area is 179 Å².